The van der Waals surface area contributed by atoms with Gasteiger partial charge >= 0.3 is 0 Å². The first-order chi connectivity index (χ1) is 12.7. The van der Waals surface area contributed by atoms with Gasteiger partial charge in [0.25, 0.3) is 0 Å². The quantitative estimate of drug-likeness (QED) is 0.457. The van der Waals surface area contributed by atoms with Crippen LogP contribution in [0.4, 0.5) is 0 Å². The van der Waals surface area contributed by atoms with Gasteiger partial charge in [-0.15, -0.1) is 15.3 Å². The van der Waals surface area contributed by atoms with E-state index in [4.69, 9.17) is 23.2 Å². The Balaban J connectivity index is 1.56. The summed E-state index contributed by atoms with van der Waals surface area (Å²) in [5.41, 5.74) is 2.57. The maximum absolute atomic E-state index is 6.29. The van der Waals surface area contributed by atoms with Crippen LogP contribution in [0.3, 0.4) is 0 Å². The molecule has 3 aromatic heterocycles. The number of aromatic nitrogens is 7. The van der Waals surface area contributed by atoms with Crippen LogP contribution in [0.15, 0.2) is 42.5 Å². The summed E-state index contributed by atoms with van der Waals surface area (Å²) in [4.78, 5) is 0.686. The number of hydrogen-bond acceptors (Lipinski definition) is 6. The Morgan fingerprint density at radius 1 is 1.00 bits per heavy atom. The Morgan fingerprint density at radius 2 is 1.88 bits per heavy atom. The molecule has 0 aliphatic rings. The summed E-state index contributed by atoms with van der Waals surface area (Å²) in [7, 11) is 0. The van der Waals surface area contributed by atoms with Crippen molar-refractivity contribution in [1.82, 2.24) is 34.8 Å². The molecule has 0 saturated carbocycles. The van der Waals surface area contributed by atoms with Crippen LogP contribution in [-0.2, 0) is 6.54 Å². The molecule has 5 aromatic rings. The highest BCUT2D eigenvalue weighted by molar-refractivity contribution is 7.19. The van der Waals surface area contributed by atoms with Gasteiger partial charge in [-0.3, -0.25) is 0 Å². The van der Waals surface area contributed by atoms with Crippen LogP contribution in [0.5, 0.6) is 0 Å². The molecule has 7 nitrogen and oxygen atoms in total. The van der Waals surface area contributed by atoms with E-state index in [-0.39, 0.29) is 0 Å². The molecule has 128 valence electrons. The highest BCUT2D eigenvalue weighted by atomic mass is 35.5. The predicted molar refractivity (Wildman–Crippen MR) is 101 cm³/mol. The van der Waals surface area contributed by atoms with Crippen molar-refractivity contribution in [2.75, 3.05) is 0 Å². The van der Waals surface area contributed by atoms with Gasteiger partial charge in [-0.05, 0) is 30.3 Å². The monoisotopic (exact) mass is 401 g/mol. The molecule has 0 radical (unpaired) electrons. The number of halogens is 2. The summed E-state index contributed by atoms with van der Waals surface area (Å²) in [6.45, 7) is 0.416. The lowest BCUT2D eigenvalue weighted by atomic mass is 10.2. The molecule has 3 heterocycles. The van der Waals surface area contributed by atoms with Crippen molar-refractivity contribution in [3.8, 4) is 10.6 Å². The lowest BCUT2D eigenvalue weighted by Crippen LogP contribution is -2.06. The third-order valence-electron chi connectivity index (χ3n) is 3.93. The number of rotatable bonds is 3. The van der Waals surface area contributed by atoms with E-state index in [9.17, 15) is 0 Å². The summed E-state index contributed by atoms with van der Waals surface area (Å²) in [5, 5.41) is 23.3. The number of benzene rings is 2. The number of nitrogens with zero attached hydrogens (tertiary/aromatic N) is 7. The highest BCUT2D eigenvalue weighted by Gasteiger charge is 2.16. The first-order valence-electron chi connectivity index (χ1n) is 7.64. The third-order valence-corrected chi connectivity index (χ3v) is 5.41. The zero-order valence-corrected chi connectivity index (χ0v) is 15.4. The largest absolute Gasteiger partial charge is 0.237 e. The fourth-order valence-electron chi connectivity index (χ4n) is 2.70. The van der Waals surface area contributed by atoms with Crippen LogP contribution in [0.25, 0.3) is 26.6 Å². The van der Waals surface area contributed by atoms with Crippen LogP contribution in [0.1, 0.15) is 5.82 Å². The van der Waals surface area contributed by atoms with E-state index in [1.54, 1.807) is 21.3 Å². The van der Waals surface area contributed by atoms with Crippen molar-refractivity contribution in [3.05, 3.63) is 58.3 Å². The first kappa shape index (κ1) is 15.7. The van der Waals surface area contributed by atoms with Gasteiger partial charge in [0.1, 0.15) is 17.1 Å². The van der Waals surface area contributed by atoms with Crippen molar-refractivity contribution in [1.29, 1.82) is 0 Å². The summed E-state index contributed by atoms with van der Waals surface area (Å²) in [6, 6.07) is 13.1. The smallest absolute Gasteiger partial charge is 0.235 e. The van der Waals surface area contributed by atoms with Gasteiger partial charge in [0.2, 0.25) is 4.96 Å². The summed E-state index contributed by atoms with van der Waals surface area (Å²) < 4.78 is 3.49. The first-order valence-corrected chi connectivity index (χ1v) is 9.21. The van der Waals surface area contributed by atoms with Gasteiger partial charge in [0.05, 0.1) is 10.5 Å². The maximum Gasteiger partial charge on any atom is 0.235 e. The zero-order chi connectivity index (χ0) is 17.7. The molecule has 0 spiro atoms. The lowest BCUT2D eigenvalue weighted by Gasteiger charge is -2.00. The lowest BCUT2D eigenvalue weighted by molar-refractivity contribution is 0.628. The molecular weight excluding hydrogens is 393 g/mol. The Bertz CT molecular complexity index is 1260. The maximum atomic E-state index is 6.29. The Kier molecular flexibility index (Phi) is 3.63. The highest BCUT2D eigenvalue weighted by Crippen LogP contribution is 2.33. The van der Waals surface area contributed by atoms with Crippen molar-refractivity contribution in [2.24, 2.45) is 0 Å². The van der Waals surface area contributed by atoms with E-state index in [0.29, 0.717) is 27.4 Å². The minimum Gasteiger partial charge on any atom is -0.237 e. The minimum absolute atomic E-state index is 0.416. The Hall–Kier alpha value is -2.55. The van der Waals surface area contributed by atoms with Crippen LogP contribution in [-0.4, -0.2) is 34.8 Å². The topological polar surface area (TPSA) is 73.8 Å². The Morgan fingerprint density at radius 3 is 2.77 bits per heavy atom. The standard InChI is InChI=1S/C16H9Cl2N7S/c17-9-5-6-10(11(18)7-9)15-22-25-14(20-21-16(25)26-15)8-24-13-4-2-1-3-12(13)19-23-24/h1-7H,8H2. The summed E-state index contributed by atoms with van der Waals surface area (Å²) in [5.74, 6) is 0.670. The van der Waals surface area contributed by atoms with E-state index in [0.717, 1.165) is 21.6 Å². The SMILES string of the molecule is Clc1ccc(-c2nn3c(Cn4nnc5ccccc54)nnc3s2)c(Cl)c1. The van der Waals surface area contributed by atoms with Crippen LogP contribution in [0, 0.1) is 0 Å². The van der Waals surface area contributed by atoms with Crippen molar-refractivity contribution in [2.45, 2.75) is 6.54 Å². The molecule has 0 atom stereocenters. The van der Waals surface area contributed by atoms with E-state index >= 15 is 0 Å². The molecule has 0 fully saturated rings. The number of hydrogen-bond donors (Lipinski definition) is 0. The molecule has 0 aliphatic carbocycles. The van der Waals surface area contributed by atoms with Gasteiger partial charge in [-0.25, -0.2) is 4.68 Å². The van der Waals surface area contributed by atoms with Crippen molar-refractivity contribution in [3.63, 3.8) is 0 Å². The predicted octanol–water partition coefficient (Wildman–Crippen LogP) is 3.95. The second kappa shape index (κ2) is 6.01. The average molecular weight is 402 g/mol. The molecule has 26 heavy (non-hydrogen) atoms. The fourth-order valence-corrected chi connectivity index (χ4v) is 4.15. The molecule has 0 amide bonds. The third kappa shape index (κ3) is 2.54. The van der Waals surface area contributed by atoms with E-state index < -0.39 is 0 Å². The molecule has 0 aliphatic heterocycles. The van der Waals surface area contributed by atoms with Crippen LogP contribution in [0.2, 0.25) is 10.0 Å². The normalized spacial score (nSPS) is 11.6. The minimum atomic E-state index is 0.416. The van der Waals surface area contributed by atoms with Crippen molar-refractivity contribution >= 4 is 50.5 Å². The summed E-state index contributed by atoms with van der Waals surface area (Å²) in [6.07, 6.45) is 0. The van der Waals surface area contributed by atoms with E-state index in [1.807, 2.05) is 30.3 Å². The van der Waals surface area contributed by atoms with Crippen LogP contribution < -0.4 is 0 Å². The molecule has 5 rings (SSSR count). The number of para-hydroxylation sites is 1. The molecule has 10 heteroatoms. The molecule has 0 bridgehead atoms. The second-order valence-electron chi connectivity index (χ2n) is 5.58. The molecule has 2 aromatic carbocycles. The fraction of sp³-hybridized carbons (Fsp3) is 0.0625. The van der Waals surface area contributed by atoms with Gasteiger partial charge in [0, 0.05) is 10.6 Å². The summed E-state index contributed by atoms with van der Waals surface area (Å²) >= 11 is 13.7. The molecule has 0 unspecified atom stereocenters. The van der Waals surface area contributed by atoms with E-state index in [1.165, 1.54) is 11.3 Å². The van der Waals surface area contributed by atoms with E-state index in [2.05, 4.69) is 25.6 Å². The van der Waals surface area contributed by atoms with Crippen molar-refractivity contribution < 1.29 is 0 Å². The number of fused-ring (bicyclic) bond motifs is 2. The average Bonchev–Trinajstić information content (AvgIpc) is 3.31. The van der Waals surface area contributed by atoms with Crippen LogP contribution >= 0.6 is 34.5 Å². The van der Waals surface area contributed by atoms with Gasteiger partial charge in [0.15, 0.2) is 5.82 Å². The van der Waals surface area contributed by atoms with Gasteiger partial charge < -0.3 is 0 Å². The van der Waals surface area contributed by atoms with Gasteiger partial charge in [-0.1, -0.05) is 51.9 Å². The Labute approximate surface area is 160 Å². The molecule has 0 saturated heterocycles. The molecule has 0 N–H and O–H groups in total. The second-order valence-corrected chi connectivity index (χ2v) is 7.38. The van der Waals surface area contributed by atoms with Gasteiger partial charge in [-0.2, -0.15) is 9.61 Å². The zero-order valence-electron chi connectivity index (χ0n) is 13.0. The molecular formula is C16H9Cl2N7S.